The Balaban J connectivity index is 2.53. The van der Waals surface area contributed by atoms with Crippen molar-refractivity contribution in [3.63, 3.8) is 0 Å². The number of hydrogen-bond acceptors (Lipinski definition) is 2. The van der Waals surface area contributed by atoms with Crippen molar-refractivity contribution < 1.29 is 0 Å². The Hall–Kier alpha value is -1.06. The van der Waals surface area contributed by atoms with E-state index in [1.807, 2.05) is 0 Å². The van der Waals surface area contributed by atoms with Crippen molar-refractivity contribution >= 4 is 23.2 Å². The van der Waals surface area contributed by atoms with E-state index < -0.39 is 0 Å². The summed E-state index contributed by atoms with van der Waals surface area (Å²) in [5.74, 6) is 0. The summed E-state index contributed by atoms with van der Waals surface area (Å²) in [7, 11) is 0. The molecule has 66 valence electrons. The Morgan fingerprint density at radius 1 is 1.31 bits per heavy atom. The van der Waals surface area contributed by atoms with Gasteiger partial charge in [-0.2, -0.15) is 0 Å². The van der Waals surface area contributed by atoms with Gasteiger partial charge in [-0.25, -0.2) is 9.97 Å². The van der Waals surface area contributed by atoms with Crippen LogP contribution in [0.2, 0.25) is 10.2 Å². The summed E-state index contributed by atoms with van der Waals surface area (Å²) in [6.07, 6.45) is 6.71. The molecule has 0 amide bonds. The fraction of sp³-hybridized carbons (Fsp3) is 0. The first-order valence-electron chi connectivity index (χ1n) is 3.57. The summed E-state index contributed by atoms with van der Waals surface area (Å²) in [4.78, 5) is 7.83. The monoisotopic (exact) mass is 213 g/mol. The van der Waals surface area contributed by atoms with Gasteiger partial charge in [-0.3, -0.25) is 0 Å². The number of nitrogens with zero attached hydrogens (tertiary/aromatic N) is 3. The zero-order valence-corrected chi connectivity index (χ0v) is 8.00. The molecule has 0 aliphatic heterocycles. The van der Waals surface area contributed by atoms with Gasteiger partial charge in [-0.15, -0.1) is 0 Å². The average molecular weight is 214 g/mol. The van der Waals surface area contributed by atoms with Crippen molar-refractivity contribution in [3.05, 3.63) is 41.2 Å². The molecule has 0 aliphatic carbocycles. The van der Waals surface area contributed by atoms with Crippen LogP contribution in [-0.2, 0) is 0 Å². The van der Waals surface area contributed by atoms with Crippen LogP contribution in [-0.4, -0.2) is 14.5 Å². The van der Waals surface area contributed by atoms with Crippen molar-refractivity contribution in [2.24, 2.45) is 0 Å². The first-order chi connectivity index (χ1) is 6.27. The van der Waals surface area contributed by atoms with Gasteiger partial charge >= 0.3 is 0 Å². The molecule has 0 bridgehead atoms. The minimum Gasteiger partial charge on any atom is -0.303 e. The predicted octanol–water partition coefficient (Wildman–Crippen LogP) is 2.57. The predicted molar refractivity (Wildman–Crippen MR) is 51.4 cm³/mol. The van der Waals surface area contributed by atoms with E-state index >= 15 is 0 Å². The Morgan fingerprint density at radius 3 is 2.77 bits per heavy atom. The highest BCUT2D eigenvalue weighted by Crippen LogP contribution is 2.21. The third-order valence-electron chi connectivity index (χ3n) is 1.58. The van der Waals surface area contributed by atoms with Gasteiger partial charge in [0.2, 0.25) is 0 Å². The quantitative estimate of drug-likeness (QED) is 0.683. The number of hydrogen-bond donors (Lipinski definition) is 0. The number of pyridine rings is 1. The van der Waals surface area contributed by atoms with Crippen molar-refractivity contribution in [1.29, 1.82) is 0 Å². The van der Waals surface area contributed by atoms with Crippen LogP contribution in [0.25, 0.3) is 5.69 Å². The van der Waals surface area contributed by atoms with Crippen LogP contribution in [0.15, 0.2) is 31.0 Å². The minimum absolute atomic E-state index is 0.383. The van der Waals surface area contributed by atoms with Crippen LogP contribution >= 0.6 is 23.2 Å². The van der Waals surface area contributed by atoms with Crippen molar-refractivity contribution in [3.8, 4) is 5.69 Å². The highest BCUT2D eigenvalue weighted by atomic mass is 35.5. The molecule has 0 saturated heterocycles. The molecule has 5 heteroatoms. The SMILES string of the molecule is Clc1cc(Cl)c(-n2ccnc2)cn1. The molecule has 0 N–H and O–H groups in total. The van der Waals surface area contributed by atoms with Crippen molar-refractivity contribution in [2.75, 3.05) is 0 Å². The summed E-state index contributed by atoms with van der Waals surface area (Å²) in [6.45, 7) is 0. The summed E-state index contributed by atoms with van der Waals surface area (Å²) >= 11 is 11.6. The Morgan fingerprint density at radius 2 is 2.15 bits per heavy atom. The molecule has 0 spiro atoms. The molecule has 2 aromatic heterocycles. The molecule has 0 unspecified atom stereocenters. The summed E-state index contributed by atoms with van der Waals surface area (Å²) in [6, 6.07) is 1.60. The molecule has 2 rings (SSSR count). The Kier molecular flexibility index (Phi) is 2.20. The number of halogens is 2. The van der Waals surface area contributed by atoms with Crippen LogP contribution in [0.4, 0.5) is 0 Å². The molecule has 0 aromatic carbocycles. The van der Waals surface area contributed by atoms with Crippen LogP contribution in [0, 0.1) is 0 Å². The molecule has 0 radical (unpaired) electrons. The van der Waals surface area contributed by atoms with Gasteiger partial charge < -0.3 is 4.57 Å². The lowest BCUT2D eigenvalue weighted by Gasteiger charge is -2.03. The largest absolute Gasteiger partial charge is 0.303 e. The number of rotatable bonds is 1. The van der Waals surface area contributed by atoms with Crippen LogP contribution in [0.3, 0.4) is 0 Å². The summed E-state index contributed by atoms with van der Waals surface area (Å²) in [5, 5.41) is 0.937. The van der Waals surface area contributed by atoms with E-state index in [0.717, 1.165) is 5.69 Å². The fourth-order valence-electron chi connectivity index (χ4n) is 0.992. The Labute approximate surface area is 85.0 Å². The maximum atomic E-state index is 5.95. The second-order valence-electron chi connectivity index (χ2n) is 2.43. The van der Waals surface area contributed by atoms with E-state index in [1.165, 1.54) is 0 Å². The third-order valence-corrected chi connectivity index (χ3v) is 2.09. The second kappa shape index (κ2) is 3.36. The zero-order valence-electron chi connectivity index (χ0n) is 6.48. The smallest absolute Gasteiger partial charge is 0.130 e. The Bertz CT molecular complexity index is 411. The summed E-state index contributed by atoms with van der Waals surface area (Å²) in [5.41, 5.74) is 0.767. The van der Waals surface area contributed by atoms with Gasteiger partial charge in [-0.1, -0.05) is 23.2 Å². The van der Waals surface area contributed by atoms with Gasteiger partial charge in [0.25, 0.3) is 0 Å². The standard InChI is InChI=1S/C8H5Cl2N3/c9-6-3-8(10)12-4-7(6)13-2-1-11-5-13/h1-5H. The topological polar surface area (TPSA) is 30.7 Å². The maximum absolute atomic E-state index is 5.95. The van der Waals surface area contributed by atoms with Gasteiger partial charge in [0, 0.05) is 12.4 Å². The van der Waals surface area contributed by atoms with E-state index in [4.69, 9.17) is 23.2 Å². The molecule has 0 fully saturated rings. The molecule has 2 aromatic rings. The van der Waals surface area contributed by atoms with E-state index in [0.29, 0.717) is 10.2 Å². The van der Waals surface area contributed by atoms with Crippen molar-refractivity contribution in [1.82, 2.24) is 14.5 Å². The van der Waals surface area contributed by atoms with Crippen LogP contribution in [0.1, 0.15) is 0 Å². The van der Waals surface area contributed by atoms with Gasteiger partial charge in [-0.05, 0) is 6.07 Å². The highest BCUT2D eigenvalue weighted by Gasteiger charge is 2.02. The fourth-order valence-corrected chi connectivity index (χ4v) is 1.46. The molecule has 13 heavy (non-hydrogen) atoms. The van der Waals surface area contributed by atoms with Crippen molar-refractivity contribution in [2.45, 2.75) is 0 Å². The molecular formula is C8H5Cl2N3. The van der Waals surface area contributed by atoms with Gasteiger partial charge in [0.1, 0.15) is 5.15 Å². The lowest BCUT2D eigenvalue weighted by Crippen LogP contribution is -1.92. The maximum Gasteiger partial charge on any atom is 0.130 e. The van der Waals surface area contributed by atoms with E-state index in [9.17, 15) is 0 Å². The number of aromatic nitrogens is 3. The van der Waals surface area contributed by atoms with Gasteiger partial charge in [0.15, 0.2) is 0 Å². The molecular weight excluding hydrogens is 209 g/mol. The lowest BCUT2D eigenvalue weighted by atomic mass is 10.4. The van der Waals surface area contributed by atoms with Crippen LogP contribution in [0.5, 0.6) is 0 Å². The third kappa shape index (κ3) is 1.66. The van der Waals surface area contributed by atoms with Gasteiger partial charge in [0.05, 0.1) is 23.2 Å². The molecule has 0 aliphatic rings. The van der Waals surface area contributed by atoms with Crippen LogP contribution < -0.4 is 0 Å². The minimum atomic E-state index is 0.383. The highest BCUT2D eigenvalue weighted by molar-refractivity contribution is 6.35. The molecule has 3 nitrogen and oxygen atoms in total. The molecule has 0 atom stereocenters. The first-order valence-corrected chi connectivity index (χ1v) is 4.32. The zero-order chi connectivity index (χ0) is 9.26. The van der Waals surface area contributed by atoms with E-state index in [1.54, 1.807) is 35.6 Å². The average Bonchev–Trinajstić information content (AvgIpc) is 2.56. The normalized spacial score (nSPS) is 10.3. The van der Waals surface area contributed by atoms with E-state index in [2.05, 4.69) is 9.97 Å². The number of imidazole rings is 1. The second-order valence-corrected chi connectivity index (χ2v) is 3.22. The summed E-state index contributed by atoms with van der Waals surface area (Å²) < 4.78 is 1.77. The first kappa shape index (κ1) is 8.53. The van der Waals surface area contributed by atoms with E-state index in [-0.39, 0.29) is 0 Å². The molecule has 2 heterocycles. The lowest BCUT2D eigenvalue weighted by molar-refractivity contribution is 1.04. The molecule has 0 saturated carbocycles.